The summed E-state index contributed by atoms with van der Waals surface area (Å²) in [5, 5.41) is 0. The molecule has 0 aromatic heterocycles. The zero-order valence-electron chi connectivity index (χ0n) is 6.42. The second-order valence-electron chi connectivity index (χ2n) is 2.85. The van der Waals surface area contributed by atoms with Crippen LogP contribution in [0.4, 0.5) is 0 Å². The lowest BCUT2D eigenvalue weighted by Crippen LogP contribution is -1.96. The third-order valence-corrected chi connectivity index (χ3v) is 1.79. The van der Waals surface area contributed by atoms with Crippen molar-refractivity contribution in [1.82, 2.24) is 0 Å². The van der Waals surface area contributed by atoms with Gasteiger partial charge in [0.05, 0.1) is 6.61 Å². The van der Waals surface area contributed by atoms with Crippen LogP contribution in [0, 0.1) is 5.92 Å². The van der Waals surface area contributed by atoms with Gasteiger partial charge in [0.1, 0.15) is 5.75 Å². The van der Waals surface area contributed by atoms with Gasteiger partial charge in [0, 0.05) is 5.92 Å². The van der Waals surface area contributed by atoms with Gasteiger partial charge in [-0.2, -0.15) is 0 Å². The molecule has 0 amide bonds. The van der Waals surface area contributed by atoms with E-state index in [9.17, 15) is 0 Å². The number of para-hydroxylation sites is 1. The van der Waals surface area contributed by atoms with Crippen LogP contribution in [-0.4, -0.2) is 6.61 Å². The molecule has 0 N–H and O–H groups in total. The second-order valence-corrected chi connectivity index (χ2v) is 2.85. The van der Waals surface area contributed by atoms with Gasteiger partial charge in [-0.25, -0.2) is 0 Å². The van der Waals surface area contributed by atoms with Crippen molar-refractivity contribution in [3.8, 4) is 5.75 Å². The molecule has 0 unspecified atom stereocenters. The Morgan fingerprint density at radius 2 is 1.82 bits per heavy atom. The molecule has 0 atom stereocenters. The van der Waals surface area contributed by atoms with Gasteiger partial charge < -0.3 is 4.74 Å². The van der Waals surface area contributed by atoms with E-state index in [-0.39, 0.29) is 0 Å². The maximum Gasteiger partial charge on any atom is 0.119 e. The van der Waals surface area contributed by atoms with Crippen LogP contribution in [0.3, 0.4) is 0 Å². The third-order valence-electron chi connectivity index (χ3n) is 1.79. The highest BCUT2D eigenvalue weighted by molar-refractivity contribution is 5.22. The Bertz CT molecular complexity index is 214. The lowest BCUT2D eigenvalue weighted by atomic mass is 10.3. The monoisotopic (exact) mass is 147 g/mol. The first kappa shape index (κ1) is 6.71. The first-order chi connectivity index (χ1) is 5.45. The van der Waals surface area contributed by atoms with E-state index in [2.05, 4.69) is 0 Å². The summed E-state index contributed by atoms with van der Waals surface area (Å²) in [4.78, 5) is 0. The van der Waals surface area contributed by atoms with Gasteiger partial charge in [-0.1, -0.05) is 18.2 Å². The smallest absolute Gasteiger partial charge is 0.119 e. The van der Waals surface area contributed by atoms with Gasteiger partial charge in [0.15, 0.2) is 0 Å². The molecule has 1 heteroatoms. The Labute approximate surface area is 67.0 Å². The van der Waals surface area contributed by atoms with Crippen molar-refractivity contribution in [2.24, 2.45) is 0 Å². The highest BCUT2D eigenvalue weighted by Crippen LogP contribution is 2.31. The van der Waals surface area contributed by atoms with Crippen LogP contribution >= 0.6 is 0 Å². The van der Waals surface area contributed by atoms with E-state index >= 15 is 0 Å². The lowest BCUT2D eigenvalue weighted by Gasteiger charge is -2.02. The molecule has 1 saturated carbocycles. The minimum absolute atomic E-state index is 0.823. The van der Waals surface area contributed by atoms with E-state index in [0.29, 0.717) is 0 Å². The molecule has 1 fully saturated rings. The molecule has 11 heavy (non-hydrogen) atoms. The molecule has 1 aromatic carbocycles. The maximum atomic E-state index is 5.49. The molecule has 57 valence electrons. The molecular formula is C10H11O. The highest BCUT2D eigenvalue weighted by Gasteiger charge is 2.22. The largest absolute Gasteiger partial charge is 0.493 e. The fourth-order valence-corrected chi connectivity index (χ4v) is 0.935. The SMILES string of the molecule is c1ccc(OC[C]2CC2)cc1. The van der Waals surface area contributed by atoms with Crippen molar-refractivity contribution in [3.63, 3.8) is 0 Å². The fourth-order valence-electron chi connectivity index (χ4n) is 0.935. The summed E-state index contributed by atoms with van der Waals surface area (Å²) in [5.74, 6) is 2.51. The first-order valence-electron chi connectivity index (χ1n) is 3.96. The molecule has 1 aliphatic carbocycles. The van der Waals surface area contributed by atoms with Gasteiger partial charge in [0.25, 0.3) is 0 Å². The Hall–Kier alpha value is -0.980. The van der Waals surface area contributed by atoms with Crippen molar-refractivity contribution < 1.29 is 4.74 Å². The fraction of sp³-hybridized carbons (Fsp3) is 0.300. The first-order valence-corrected chi connectivity index (χ1v) is 3.96. The predicted molar refractivity (Wildman–Crippen MR) is 44.4 cm³/mol. The summed E-state index contributed by atoms with van der Waals surface area (Å²) in [6, 6.07) is 9.96. The standard InChI is InChI=1S/C10H11O/c1-2-4-10(5-3-1)11-8-9-6-7-9/h1-5H,6-8H2. The van der Waals surface area contributed by atoms with Crippen LogP contribution in [0.15, 0.2) is 30.3 Å². The summed E-state index contributed by atoms with van der Waals surface area (Å²) >= 11 is 0. The summed E-state index contributed by atoms with van der Waals surface area (Å²) in [6.45, 7) is 0.823. The van der Waals surface area contributed by atoms with E-state index in [1.54, 1.807) is 0 Å². The number of hydrogen-bond acceptors (Lipinski definition) is 1. The lowest BCUT2D eigenvalue weighted by molar-refractivity contribution is 0.344. The van der Waals surface area contributed by atoms with E-state index in [4.69, 9.17) is 4.74 Å². The zero-order chi connectivity index (χ0) is 7.52. The molecule has 0 spiro atoms. The summed E-state index contributed by atoms with van der Waals surface area (Å²) in [6.07, 6.45) is 2.54. The Morgan fingerprint density at radius 3 is 2.45 bits per heavy atom. The topological polar surface area (TPSA) is 9.23 Å². The van der Waals surface area contributed by atoms with E-state index in [1.807, 2.05) is 30.3 Å². The summed E-state index contributed by atoms with van der Waals surface area (Å²) < 4.78 is 5.49. The molecular weight excluding hydrogens is 136 g/mol. The molecule has 1 radical (unpaired) electrons. The van der Waals surface area contributed by atoms with Crippen molar-refractivity contribution in [2.45, 2.75) is 12.8 Å². The Balaban J connectivity index is 1.85. The van der Waals surface area contributed by atoms with Crippen LogP contribution in [0.2, 0.25) is 0 Å². The van der Waals surface area contributed by atoms with E-state index in [1.165, 1.54) is 18.8 Å². The molecule has 0 saturated heterocycles. The van der Waals surface area contributed by atoms with Crippen molar-refractivity contribution in [3.05, 3.63) is 36.2 Å². The third kappa shape index (κ3) is 1.97. The van der Waals surface area contributed by atoms with Gasteiger partial charge in [-0.3, -0.25) is 0 Å². The maximum absolute atomic E-state index is 5.49. The van der Waals surface area contributed by atoms with Crippen LogP contribution < -0.4 is 4.74 Å². The second kappa shape index (κ2) is 2.95. The molecule has 1 nitrogen and oxygen atoms in total. The van der Waals surface area contributed by atoms with E-state index < -0.39 is 0 Å². The van der Waals surface area contributed by atoms with Gasteiger partial charge in [-0.15, -0.1) is 0 Å². The number of ether oxygens (including phenoxy) is 1. The zero-order valence-corrected chi connectivity index (χ0v) is 6.42. The minimum Gasteiger partial charge on any atom is -0.493 e. The normalized spacial score (nSPS) is 16.4. The average molecular weight is 147 g/mol. The predicted octanol–water partition coefficient (Wildman–Crippen LogP) is 2.43. The summed E-state index contributed by atoms with van der Waals surface area (Å²) in [7, 11) is 0. The average Bonchev–Trinajstić information content (AvgIpc) is 2.86. The molecule has 1 aromatic rings. The molecule has 0 aliphatic heterocycles. The number of hydrogen-bond donors (Lipinski definition) is 0. The molecule has 2 rings (SSSR count). The molecule has 0 heterocycles. The van der Waals surface area contributed by atoms with E-state index in [0.717, 1.165) is 12.4 Å². The van der Waals surface area contributed by atoms with Crippen LogP contribution in [-0.2, 0) is 0 Å². The molecule has 0 bridgehead atoms. The Kier molecular flexibility index (Phi) is 1.80. The highest BCUT2D eigenvalue weighted by atomic mass is 16.5. The van der Waals surface area contributed by atoms with Gasteiger partial charge >= 0.3 is 0 Å². The Morgan fingerprint density at radius 1 is 1.09 bits per heavy atom. The van der Waals surface area contributed by atoms with Crippen LogP contribution in [0.5, 0.6) is 5.75 Å². The number of rotatable bonds is 3. The minimum atomic E-state index is 0.823. The molecule has 1 aliphatic rings. The van der Waals surface area contributed by atoms with Gasteiger partial charge in [0.2, 0.25) is 0 Å². The van der Waals surface area contributed by atoms with Crippen LogP contribution in [0.25, 0.3) is 0 Å². The van der Waals surface area contributed by atoms with Crippen molar-refractivity contribution in [2.75, 3.05) is 6.61 Å². The van der Waals surface area contributed by atoms with Crippen molar-refractivity contribution >= 4 is 0 Å². The van der Waals surface area contributed by atoms with Crippen molar-refractivity contribution in [1.29, 1.82) is 0 Å². The quantitative estimate of drug-likeness (QED) is 0.638. The summed E-state index contributed by atoms with van der Waals surface area (Å²) in [5.41, 5.74) is 0. The number of benzene rings is 1. The van der Waals surface area contributed by atoms with Crippen LogP contribution in [0.1, 0.15) is 12.8 Å². The van der Waals surface area contributed by atoms with Gasteiger partial charge in [-0.05, 0) is 25.0 Å².